The Morgan fingerprint density at radius 2 is 1.91 bits per heavy atom. The third-order valence-corrected chi connectivity index (χ3v) is 6.51. The van der Waals surface area contributed by atoms with E-state index in [2.05, 4.69) is 10.5 Å². The number of carbonyl (C=O) groups excluding carboxylic acids is 1. The summed E-state index contributed by atoms with van der Waals surface area (Å²) < 4.78 is 4.77. The van der Waals surface area contributed by atoms with Gasteiger partial charge in [0.1, 0.15) is 5.60 Å². The molecule has 32 heavy (non-hydrogen) atoms. The van der Waals surface area contributed by atoms with Crippen molar-refractivity contribution in [2.24, 2.45) is 5.92 Å². The molecule has 0 bridgehead atoms. The number of anilines is 1. The van der Waals surface area contributed by atoms with Crippen LogP contribution in [0.5, 0.6) is 0 Å². The molecule has 0 saturated heterocycles. The van der Waals surface area contributed by atoms with Gasteiger partial charge in [-0.2, -0.15) is 0 Å². The van der Waals surface area contributed by atoms with Gasteiger partial charge < -0.3 is 14.9 Å². The van der Waals surface area contributed by atoms with Gasteiger partial charge in [-0.05, 0) is 49.9 Å². The summed E-state index contributed by atoms with van der Waals surface area (Å²) in [4.78, 5) is 25.3. The third-order valence-electron chi connectivity index (χ3n) is 6.51. The molecule has 1 saturated carbocycles. The van der Waals surface area contributed by atoms with E-state index in [0.717, 1.165) is 36.8 Å². The van der Waals surface area contributed by atoms with Gasteiger partial charge in [0.2, 0.25) is 0 Å². The summed E-state index contributed by atoms with van der Waals surface area (Å²) in [7, 11) is 0. The molecule has 0 radical (unpaired) electrons. The molecule has 1 atom stereocenters. The van der Waals surface area contributed by atoms with E-state index in [1.165, 1.54) is 6.42 Å². The van der Waals surface area contributed by atoms with E-state index in [1.54, 1.807) is 25.1 Å². The molecule has 4 rings (SSSR count). The summed E-state index contributed by atoms with van der Waals surface area (Å²) in [6.45, 7) is 3.75. The fourth-order valence-corrected chi connectivity index (χ4v) is 4.83. The van der Waals surface area contributed by atoms with E-state index in [9.17, 15) is 14.7 Å². The van der Waals surface area contributed by atoms with E-state index < -0.39 is 17.1 Å². The summed E-state index contributed by atoms with van der Waals surface area (Å²) in [5.74, 6) is -0.0884. The largest absolute Gasteiger partial charge is 0.380 e. The van der Waals surface area contributed by atoms with Gasteiger partial charge in [-0.3, -0.25) is 4.79 Å². The average molecular weight is 435 g/mol. The summed E-state index contributed by atoms with van der Waals surface area (Å²) >= 11 is 0. The number of hydrogen-bond donors (Lipinski definition) is 2. The van der Waals surface area contributed by atoms with Crippen LogP contribution in [0.3, 0.4) is 0 Å². The molecule has 2 aromatic carbocycles. The zero-order valence-electron chi connectivity index (χ0n) is 18.7. The minimum Gasteiger partial charge on any atom is -0.380 e. The standard InChI is InChI=1S/C26H30N2O4/c1-17-7-6-10-20(13-17)16-26(31,15-19-8-4-3-5-9-19)25(30)27-21-11-12-22-23(14-21)18(2)28-32-24(22)29/h6-7,10-14,19,31H,3-5,8-9,15-16H2,1-2H3,(H,27,30). The molecule has 1 amide bonds. The number of hydrogen-bond acceptors (Lipinski definition) is 5. The topological polar surface area (TPSA) is 92.4 Å². The normalized spacial score (nSPS) is 16.6. The number of aryl methyl sites for hydroxylation is 2. The third kappa shape index (κ3) is 4.91. The SMILES string of the molecule is Cc1cccc(CC(O)(CC2CCCCC2)C(=O)Nc2ccc3c(=O)onc(C)c3c2)c1. The molecule has 0 aliphatic heterocycles. The van der Waals surface area contributed by atoms with Crippen molar-refractivity contribution in [2.75, 3.05) is 5.32 Å². The molecule has 6 nitrogen and oxygen atoms in total. The quantitative estimate of drug-likeness (QED) is 0.587. The predicted octanol–water partition coefficient (Wildman–Crippen LogP) is 4.69. The predicted molar refractivity (Wildman–Crippen MR) is 125 cm³/mol. The van der Waals surface area contributed by atoms with E-state index in [4.69, 9.17) is 4.52 Å². The molecule has 6 heteroatoms. The lowest BCUT2D eigenvalue weighted by Crippen LogP contribution is -2.46. The van der Waals surface area contributed by atoms with Crippen LogP contribution in [0.25, 0.3) is 10.8 Å². The zero-order chi connectivity index (χ0) is 22.7. The van der Waals surface area contributed by atoms with Gasteiger partial charge in [-0.1, -0.05) is 67.1 Å². The Labute approximate surface area is 187 Å². The van der Waals surface area contributed by atoms with Gasteiger partial charge in [-0.25, -0.2) is 4.79 Å². The number of nitrogens with one attached hydrogen (secondary N) is 1. The number of aromatic nitrogens is 1. The van der Waals surface area contributed by atoms with Crippen LogP contribution in [0.4, 0.5) is 5.69 Å². The van der Waals surface area contributed by atoms with Gasteiger partial charge in [-0.15, -0.1) is 0 Å². The van der Waals surface area contributed by atoms with Gasteiger partial charge in [0.05, 0.1) is 11.1 Å². The van der Waals surface area contributed by atoms with Crippen molar-refractivity contribution in [2.45, 2.75) is 64.4 Å². The van der Waals surface area contributed by atoms with Crippen LogP contribution in [0, 0.1) is 19.8 Å². The van der Waals surface area contributed by atoms with Crippen LogP contribution in [-0.2, 0) is 11.2 Å². The Morgan fingerprint density at radius 3 is 2.66 bits per heavy atom. The maximum atomic E-state index is 13.4. The summed E-state index contributed by atoms with van der Waals surface area (Å²) in [5, 5.41) is 19.4. The zero-order valence-corrected chi connectivity index (χ0v) is 18.7. The van der Waals surface area contributed by atoms with Crippen LogP contribution in [0.2, 0.25) is 0 Å². The van der Waals surface area contributed by atoms with E-state index in [-0.39, 0.29) is 6.42 Å². The molecule has 1 fully saturated rings. The Bertz CT molecular complexity index is 1180. The van der Waals surface area contributed by atoms with Crippen molar-refractivity contribution in [1.29, 1.82) is 0 Å². The Morgan fingerprint density at radius 1 is 1.12 bits per heavy atom. The van der Waals surface area contributed by atoms with Gasteiger partial charge in [0, 0.05) is 17.5 Å². The molecule has 1 aromatic heterocycles. The molecule has 3 aromatic rings. The number of rotatable bonds is 6. The highest BCUT2D eigenvalue weighted by Gasteiger charge is 2.39. The van der Waals surface area contributed by atoms with Crippen molar-refractivity contribution >= 4 is 22.4 Å². The highest BCUT2D eigenvalue weighted by atomic mass is 16.5. The molecule has 1 heterocycles. The first-order valence-electron chi connectivity index (χ1n) is 11.3. The molecule has 2 N–H and O–H groups in total. The minimum atomic E-state index is -1.52. The first-order chi connectivity index (χ1) is 15.3. The second-order valence-electron chi connectivity index (χ2n) is 9.18. The number of fused-ring (bicyclic) bond motifs is 1. The van der Waals surface area contributed by atoms with Crippen molar-refractivity contribution in [3.05, 3.63) is 69.7 Å². The smallest absolute Gasteiger partial charge is 0.366 e. The van der Waals surface area contributed by atoms with Crippen LogP contribution in [0.1, 0.15) is 55.3 Å². The molecule has 168 valence electrons. The first-order valence-corrected chi connectivity index (χ1v) is 11.3. The first kappa shape index (κ1) is 22.2. The fourth-order valence-electron chi connectivity index (χ4n) is 4.83. The Hall–Kier alpha value is -2.99. The van der Waals surface area contributed by atoms with Crippen molar-refractivity contribution in [1.82, 2.24) is 5.16 Å². The summed E-state index contributed by atoms with van der Waals surface area (Å²) in [6.07, 6.45) is 6.29. The Kier molecular flexibility index (Phi) is 6.42. The van der Waals surface area contributed by atoms with E-state index in [0.29, 0.717) is 34.5 Å². The van der Waals surface area contributed by atoms with Crippen molar-refractivity contribution in [3.63, 3.8) is 0 Å². The van der Waals surface area contributed by atoms with Crippen molar-refractivity contribution < 1.29 is 14.4 Å². The lowest BCUT2D eigenvalue weighted by Gasteiger charge is -2.33. The highest BCUT2D eigenvalue weighted by molar-refractivity contribution is 5.99. The Balaban J connectivity index is 1.62. The maximum Gasteiger partial charge on any atom is 0.366 e. The molecule has 0 spiro atoms. The van der Waals surface area contributed by atoms with Crippen LogP contribution < -0.4 is 10.9 Å². The monoisotopic (exact) mass is 434 g/mol. The number of aliphatic hydroxyl groups is 1. The second kappa shape index (κ2) is 9.25. The lowest BCUT2D eigenvalue weighted by atomic mass is 9.78. The van der Waals surface area contributed by atoms with Crippen LogP contribution in [0.15, 0.2) is 51.8 Å². The number of carbonyl (C=O) groups is 1. The van der Waals surface area contributed by atoms with Crippen LogP contribution in [-0.4, -0.2) is 21.8 Å². The average Bonchev–Trinajstić information content (AvgIpc) is 2.77. The molecular weight excluding hydrogens is 404 g/mol. The van der Waals surface area contributed by atoms with Gasteiger partial charge >= 0.3 is 5.63 Å². The number of benzene rings is 2. The van der Waals surface area contributed by atoms with E-state index in [1.807, 2.05) is 31.2 Å². The van der Waals surface area contributed by atoms with Gasteiger partial charge in [0.15, 0.2) is 0 Å². The molecule has 1 aliphatic carbocycles. The lowest BCUT2D eigenvalue weighted by molar-refractivity contribution is -0.136. The maximum absolute atomic E-state index is 13.4. The highest BCUT2D eigenvalue weighted by Crippen LogP contribution is 2.33. The molecule has 1 unspecified atom stereocenters. The number of amides is 1. The van der Waals surface area contributed by atoms with Crippen LogP contribution >= 0.6 is 0 Å². The summed E-state index contributed by atoms with van der Waals surface area (Å²) in [5.41, 5.74) is 1.08. The molecule has 1 aliphatic rings. The fraction of sp³-hybridized carbons (Fsp3) is 0.423. The van der Waals surface area contributed by atoms with E-state index >= 15 is 0 Å². The summed E-state index contributed by atoms with van der Waals surface area (Å²) in [6, 6.07) is 12.9. The minimum absolute atomic E-state index is 0.259. The second-order valence-corrected chi connectivity index (χ2v) is 9.18. The van der Waals surface area contributed by atoms with Gasteiger partial charge in [0.25, 0.3) is 5.91 Å². The van der Waals surface area contributed by atoms with Crippen molar-refractivity contribution in [3.8, 4) is 0 Å². The number of nitrogens with zero attached hydrogens (tertiary/aromatic N) is 1. The molecular formula is C26H30N2O4.